The first-order chi connectivity index (χ1) is 7.15. The van der Waals surface area contributed by atoms with E-state index in [-0.39, 0.29) is 17.5 Å². The molecule has 0 fully saturated rings. The summed E-state index contributed by atoms with van der Waals surface area (Å²) in [6.07, 6.45) is 2.05. The summed E-state index contributed by atoms with van der Waals surface area (Å²) < 4.78 is 0. The molecule has 1 aromatic carbocycles. The summed E-state index contributed by atoms with van der Waals surface area (Å²) >= 11 is 1.77. The van der Waals surface area contributed by atoms with E-state index in [1.54, 1.807) is 17.8 Å². The maximum absolute atomic E-state index is 9.61. The second kappa shape index (κ2) is 5.88. The van der Waals surface area contributed by atoms with Gasteiger partial charge < -0.3 is 15.5 Å². The highest BCUT2D eigenvalue weighted by molar-refractivity contribution is 7.98. The van der Waals surface area contributed by atoms with Gasteiger partial charge in [0.1, 0.15) is 11.5 Å². The molecule has 0 aliphatic heterocycles. The van der Waals surface area contributed by atoms with Crippen molar-refractivity contribution in [1.29, 1.82) is 0 Å². The van der Waals surface area contributed by atoms with Crippen LogP contribution in [0.5, 0.6) is 11.5 Å². The lowest BCUT2D eigenvalue weighted by Crippen LogP contribution is -2.21. The standard InChI is InChI=1S/C11H17NO2S/c1-8(12-5-6-15-2)10-7-9(13)3-4-11(10)14/h3-4,7-8,12-14H,5-6H2,1-2H3. The Balaban J connectivity index is 2.64. The number of phenols is 2. The van der Waals surface area contributed by atoms with Crippen LogP contribution in [0.3, 0.4) is 0 Å². The number of nitrogens with one attached hydrogen (secondary N) is 1. The minimum atomic E-state index is 0.0456. The van der Waals surface area contributed by atoms with Gasteiger partial charge >= 0.3 is 0 Å². The van der Waals surface area contributed by atoms with Crippen LogP contribution in [0.15, 0.2) is 18.2 Å². The van der Waals surface area contributed by atoms with Crippen molar-refractivity contribution in [2.24, 2.45) is 0 Å². The molecule has 0 bridgehead atoms. The number of hydrogen-bond donors (Lipinski definition) is 3. The monoisotopic (exact) mass is 227 g/mol. The van der Waals surface area contributed by atoms with Crippen molar-refractivity contribution in [2.75, 3.05) is 18.6 Å². The molecule has 0 heterocycles. The Labute approximate surface area is 94.5 Å². The van der Waals surface area contributed by atoms with Gasteiger partial charge in [0, 0.05) is 23.9 Å². The molecule has 1 rings (SSSR count). The van der Waals surface area contributed by atoms with Gasteiger partial charge in [0.2, 0.25) is 0 Å². The van der Waals surface area contributed by atoms with Crippen LogP contribution in [0.1, 0.15) is 18.5 Å². The molecule has 3 nitrogen and oxygen atoms in total. The van der Waals surface area contributed by atoms with Crippen LogP contribution in [0.4, 0.5) is 0 Å². The summed E-state index contributed by atoms with van der Waals surface area (Å²) in [5.41, 5.74) is 0.733. The summed E-state index contributed by atoms with van der Waals surface area (Å²) in [6, 6.07) is 4.63. The molecule has 84 valence electrons. The second-order valence-electron chi connectivity index (χ2n) is 3.41. The van der Waals surface area contributed by atoms with Gasteiger partial charge in [0.25, 0.3) is 0 Å². The summed E-state index contributed by atoms with van der Waals surface area (Å²) in [7, 11) is 0. The topological polar surface area (TPSA) is 52.5 Å². The van der Waals surface area contributed by atoms with Gasteiger partial charge in [-0.25, -0.2) is 0 Å². The molecular formula is C11H17NO2S. The summed E-state index contributed by atoms with van der Waals surface area (Å²) in [5, 5.41) is 22.2. The third kappa shape index (κ3) is 3.64. The first kappa shape index (κ1) is 12.2. The maximum Gasteiger partial charge on any atom is 0.120 e. The molecule has 1 unspecified atom stereocenters. The fraction of sp³-hybridized carbons (Fsp3) is 0.455. The fourth-order valence-corrected chi connectivity index (χ4v) is 1.70. The Morgan fingerprint density at radius 2 is 2.13 bits per heavy atom. The second-order valence-corrected chi connectivity index (χ2v) is 4.40. The predicted molar refractivity (Wildman–Crippen MR) is 64.6 cm³/mol. The molecule has 15 heavy (non-hydrogen) atoms. The van der Waals surface area contributed by atoms with E-state index in [1.165, 1.54) is 12.1 Å². The lowest BCUT2D eigenvalue weighted by Gasteiger charge is -2.15. The van der Waals surface area contributed by atoms with Gasteiger partial charge in [0.15, 0.2) is 0 Å². The average Bonchev–Trinajstić information content (AvgIpc) is 2.22. The van der Waals surface area contributed by atoms with E-state index in [1.807, 2.05) is 6.92 Å². The lowest BCUT2D eigenvalue weighted by atomic mass is 10.1. The number of rotatable bonds is 5. The van der Waals surface area contributed by atoms with E-state index in [0.717, 1.165) is 17.9 Å². The van der Waals surface area contributed by atoms with Crippen LogP contribution in [-0.2, 0) is 0 Å². The van der Waals surface area contributed by atoms with Crippen molar-refractivity contribution >= 4 is 11.8 Å². The third-order valence-corrected chi connectivity index (χ3v) is 2.85. The molecule has 0 aromatic heterocycles. The van der Waals surface area contributed by atoms with E-state index in [0.29, 0.717) is 0 Å². The molecule has 3 N–H and O–H groups in total. The highest BCUT2D eigenvalue weighted by atomic mass is 32.2. The smallest absolute Gasteiger partial charge is 0.120 e. The largest absolute Gasteiger partial charge is 0.508 e. The zero-order chi connectivity index (χ0) is 11.3. The Bertz CT molecular complexity index is 317. The first-order valence-electron chi connectivity index (χ1n) is 4.89. The van der Waals surface area contributed by atoms with Crippen molar-refractivity contribution in [2.45, 2.75) is 13.0 Å². The highest BCUT2D eigenvalue weighted by Gasteiger charge is 2.09. The minimum Gasteiger partial charge on any atom is -0.508 e. The van der Waals surface area contributed by atoms with Crippen molar-refractivity contribution in [3.8, 4) is 11.5 Å². The molecule has 1 atom stereocenters. The number of benzene rings is 1. The van der Waals surface area contributed by atoms with Gasteiger partial charge in [-0.2, -0.15) is 11.8 Å². The van der Waals surface area contributed by atoms with Crippen LogP contribution >= 0.6 is 11.8 Å². The van der Waals surface area contributed by atoms with Gasteiger partial charge in [0.05, 0.1) is 0 Å². The Morgan fingerprint density at radius 1 is 1.40 bits per heavy atom. The molecule has 0 saturated heterocycles. The normalized spacial score (nSPS) is 12.7. The van der Waals surface area contributed by atoms with E-state index >= 15 is 0 Å². The van der Waals surface area contributed by atoms with Crippen molar-refractivity contribution in [3.05, 3.63) is 23.8 Å². The quantitative estimate of drug-likeness (QED) is 0.532. The van der Waals surface area contributed by atoms with E-state index in [2.05, 4.69) is 11.6 Å². The van der Waals surface area contributed by atoms with E-state index in [4.69, 9.17) is 0 Å². The minimum absolute atomic E-state index is 0.0456. The van der Waals surface area contributed by atoms with Crippen LogP contribution in [0, 0.1) is 0 Å². The predicted octanol–water partition coefficient (Wildman–Crippen LogP) is 2.11. The van der Waals surface area contributed by atoms with Crippen molar-refractivity contribution in [1.82, 2.24) is 5.32 Å². The molecular weight excluding hydrogens is 210 g/mol. The summed E-state index contributed by atoms with van der Waals surface area (Å²) in [6.45, 7) is 2.85. The maximum atomic E-state index is 9.61. The number of aromatic hydroxyl groups is 2. The Morgan fingerprint density at radius 3 is 2.80 bits per heavy atom. The van der Waals surface area contributed by atoms with Crippen LogP contribution in [-0.4, -0.2) is 28.8 Å². The van der Waals surface area contributed by atoms with Gasteiger partial charge in [-0.15, -0.1) is 0 Å². The third-order valence-electron chi connectivity index (χ3n) is 2.23. The first-order valence-corrected chi connectivity index (χ1v) is 6.28. The van der Waals surface area contributed by atoms with E-state index < -0.39 is 0 Å². The van der Waals surface area contributed by atoms with Gasteiger partial charge in [-0.05, 0) is 31.4 Å². The number of hydrogen-bond acceptors (Lipinski definition) is 4. The van der Waals surface area contributed by atoms with E-state index in [9.17, 15) is 10.2 Å². The molecule has 0 amide bonds. The number of thioether (sulfide) groups is 1. The van der Waals surface area contributed by atoms with Crippen LogP contribution < -0.4 is 5.32 Å². The average molecular weight is 227 g/mol. The van der Waals surface area contributed by atoms with Gasteiger partial charge in [-0.3, -0.25) is 0 Å². The van der Waals surface area contributed by atoms with Crippen molar-refractivity contribution < 1.29 is 10.2 Å². The highest BCUT2D eigenvalue weighted by Crippen LogP contribution is 2.27. The molecule has 0 radical (unpaired) electrons. The summed E-state index contributed by atoms with van der Waals surface area (Å²) in [4.78, 5) is 0. The van der Waals surface area contributed by atoms with Crippen molar-refractivity contribution in [3.63, 3.8) is 0 Å². The van der Waals surface area contributed by atoms with Crippen LogP contribution in [0.2, 0.25) is 0 Å². The van der Waals surface area contributed by atoms with Crippen LogP contribution in [0.25, 0.3) is 0 Å². The Kier molecular flexibility index (Phi) is 4.78. The molecule has 4 heteroatoms. The lowest BCUT2D eigenvalue weighted by molar-refractivity contribution is 0.443. The Hall–Kier alpha value is -0.870. The SMILES string of the molecule is CSCCNC(C)c1cc(O)ccc1O. The van der Waals surface area contributed by atoms with Gasteiger partial charge in [-0.1, -0.05) is 0 Å². The number of phenolic OH excluding ortho intramolecular Hbond substituents is 2. The molecule has 0 aliphatic carbocycles. The zero-order valence-electron chi connectivity index (χ0n) is 9.03. The molecule has 1 aromatic rings. The molecule has 0 aliphatic rings. The molecule has 0 saturated carbocycles. The zero-order valence-corrected chi connectivity index (χ0v) is 9.84. The molecule has 0 spiro atoms. The fourth-order valence-electron chi connectivity index (χ4n) is 1.38. The summed E-state index contributed by atoms with van der Waals surface area (Å²) in [5.74, 6) is 1.43.